The molecule has 0 N–H and O–H groups in total. The number of quaternary nitrogens is 1. The molecule has 26 heavy (non-hydrogen) atoms. The van der Waals surface area contributed by atoms with Crippen molar-refractivity contribution in [3.63, 3.8) is 0 Å². The zero-order valence-corrected chi connectivity index (χ0v) is 18.5. The van der Waals surface area contributed by atoms with Crippen LogP contribution >= 0.6 is 0 Å². The summed E-state index contributed by atoms with van der Waals surface area (Å²) >= 11 is 0. The average Bonchev–Trinajstić information content (AvgIpc) is 2.60. The first kappa shape index (κ1) is 25.4. The normalized spacial score (nSPS) is 11.7. The van der Waals surface area contributed by atoms with Gasteiger partial charge >= 0.3 is 5.97 Å². The van der Waals surface area contributed by atoms with Crippen molar-refractivity contribution in [3.05, 3.63) is 0 Å². The SMILES string of the molecule is CCCCCCCCCCCC(=O)OCC[N+](C)(C)CCCCCCC. The summed E-state index contributed by atoms with van der Waals surface area (Å²) in [6, 6.07) is 0. The van der Waals surface area contributed by atoms with E-state index in [2.05, 4.69) is 27.9 Å². The van der Waals surface area contributed by atoms with Crippen LogP contribution in [0.25, 0.3) is 0 Å². The minimum atomic E-state index is -0.00380. The van der Waals surface area contributed by atoms with Crippen molar-refractivity contribution >= 4 is 5.97 Å². The second kappa shape index (κ2) is 17.8. The molecule has 0 heterocycles. The molecule has 0 spiro atoms. The van der Waals surface area contributed by atoms with Crippen LogP contribution in [0.15, 0.2) is 0 Å². The molecule has 0 amide bonds. The van der Waals surface area contributed by atoms with Gasteiger partial charge in [-0.25, -0.2) is 0 Å². The fourth-order valence-electron chi connectivity index (χ4n) is 3.31. The molecule has 0 bridgehead atoms. The highest BCUT2D eigenvalue weighted by Gasteiger charge is 2.15. The number of hydrogen-bond donors (Lipinski definition) is 0. The summed E-state index contributed by atoms with van der Waals surface area (Å²) < 4.78 is 6.40. The summed E-state index contributed by atoms with van der Waals surface area (Å²) in [7, 11) is 4.49. The first-order valence-electron chi connectivity index (χ1n) is 11.5. The molecule has 0 saturated carbocycles. The lowest BCUT2D eigenvalue weighted by Gasteiger charge is -2.29. The number of carbonyl (C=O) groups is 1. The molecule has 0 saturated heterocycles. The Hall–Kier alpha value is -0.570. The molecule has 3 nitrogen and oxygen atoms in total. The van der Waals surface area contributed by atoms with E-state index in [1.54, 1.807) is 0 Å². The molecule has 0 radical (unpaired) electrons. The molecule has 0 aliphatic rings. The highest BCUT2D eigenvalue weighted by atomic mass is 16.5. The maximum absolute atomic E-state index is 11.8. The number of esters is 1. The third-order valence-corrected chi connectivity index (χ3v) is 5.31. The fraction of sp³-hybridized carbons (Fsp3) is 0.957. The Morgan fingerprint density at radius 3 is 1.65 bits per heavy atom. The summed E-state index contributed by atoms with van der Waals surface area (Å²) in [6.45, 7) is 7.19. The number of unbranched alkanes of at least 4 members (excludes halogenated alkanes) is 12. The summed E-state index contributed by atoms with van der Waals surface area (Å²) in [5.74, 6) is -0.00380. The third kappa shape index (κ3) is 18.2. The highest BCUT2D eigenvalue weighted by Crippen LogP contribution is 2.11. The Labute approximate surface area is 164 Å². The van der Waals surface area contributed by atoms with E-state index in [0.29, 0.717) is 13.0 Å². The number of rotatable bonds is 19. The molecule has 0 rings (SSSR count). The van der Waals surface area contributed by atoms with Gasteiger partial charge in [0.1, 0.15) is 13.2 Å². The topological polar surface area (TPSA) is 26.3 Å². The van der Waals surface area contributed by atoms with Crippen molar-refractivity contribution in [1.29, 1.82) is 0 Å². The Balaban J connectivity index is 3.46. The second-order valence-corrected chi connectivity index (χ2v) is 8.60. The van der Waals surface area contributed by atoms with Crippen LogP contribution in [0.5, 0.6) is 0 Å². The van der Waals surface area contributed by atoms with Crippen LogP contribution in [0.2, 0.25) is 0 Å². The van der Waals surface area contributed by atoms with Gasteiger partial charge in [0.25, 0.3) is 0 Å². The van der Waals surface area contributed by atoms with Crippen LogP contribution in [0.3, 0.4) is 0 Å². The van der Waals surface area contributed by atoms with Crippen LogP contribution in [-0.4, -0.2) is 44.2 Å². The summed E-state index contributed by atoms with van der Waals surface area (Å²) in [5, 5.41) is 0. The van der Waals surface area contributed by atoms with E-state index in [0.717, 1.165) is 17.4 Å². The van der Waals surface area contributed by atoms with E-state index >= 15 is 0 Å². The van der Waals surface area contributed by atoms with E-state index in [4.69, 9.17) is 4.74 Å². The predicted octanol–water partition coefficient (Wildman–Crippen LogP) is 6.50. The fourth-order valence-corrected chi connectivity index (χ4v) is 3.31. The van der Waals surface area contributed by atoms with Crippen molar-refractivity contribution in [2.24, 2.45) is 0 Å². The van der Waals surface area contributed by atoms with Crippen molar-refractivity contribution in [3.8, 4) is 0 Å². The van der Waals surface area contributed by atoms with Gasteiger partial charge in [0.2, 0.25) is 0 Å². The van der Waals surface area contributed by atoms with Gasteiger partial charge in [-0.1, -0.05) is 84.5 Å². The van der Waals surface area contributed by atoms with Gasteiger partial charge in [0.05, 0.1) is 20.6 Å². The predicted molar refractivity (Wildman–Crippen MR) is 113 cm³/mol. The summed E-state index contributed by atoms with van der Waals surface area (Å²) in [6.07, 6.45) is 18.8. The van der Waals surface area contributed by atoms with Crippen molar-refractivity contribution in [2.75, 3.05) is 33.8 Å². The van der Waals surface area contributed by atoms with E-state index in [-0.39, 0.29) is 5.97 Å². The molecule has 0 aromatic heterocycles. The van der Waals surface area contributed by atoms with Gasteiger partial charge in [-0.3, -0.25) is 4.79 Å². The lowest BCUT2D eigenvalue weighted by atomic mass is 10.1. The molecular formula is C23H48NO2+. The Kier molecular flexibility index (Phi) is 17.4. The Morgan fingerprint density at radius 1 is 0.654 bits per heavy atom. The Morgan fingerprint density at radius 2 is 1.12 bits per heavy atom. The van der Waals surface area contributed by atoms with Crippen LogP contribution < -0.4 is 0 Å². The van der Waals surface area contributed by atoms with E-state index in [9.17, 15) is 4.79 Å². The number of ether oxygens (including phenoxy) is 1. The molecule has 0 aromatic carbocycles. The van der Waals surface area contributed by atoms with Gasteiger partial charge in [-0.15, -0.1) is 0 Å². The lowest BCUT2D eigenvalue weighted by Crippen LogP contribution is -2.43. The lowest BCUT2D eigenvalue weighted by molar-refractivity contribution is -0.890. The maximum Gasteiger partial charge on any atom is 0.305 e. The monoisotopic (exact) mass is 370 g/mol. The van der Waals surface area contributed by atoms with E-state index in [1.165, 1.54) is 90.0 Å². The molecule has 0 fully saturated rings. The number of carbonyl (C=O) groups excluding carboxylic acids is 1. The number of hydrogen-bond acceptors (Lipinski definition) is 2. The minimum absolute atomic E-state index is 0.00380. The second-order valence-electron chi connectivity index (χ2n) is 8.60. The average molecular weight is 371 g/mol. The van der Waals surface area contributed by atoms with E-state index < -0.39 is 0 Å². The van der Waals surface area contributed by atoms with Gasteiger partial charge in [0, 0.05) is 6.42 Å². The minimum Gasteiger partial charge on any atom is -0.460 e. The molecule has 156 valence electrons. The molecule has 0 unspecified atom stereocenters. The summed E-state index contributed by atoms with van der Waals surface area (Å²) in [5.41, 5.74) is 0. The molecule has 0 aromatic rings. The van der Waals surface area contributed by atoms with Crippen LogP contribution in [-0.2, 0) is 9.53 Å². The molecule has 0 atom stereocenters. The smallest absolute Gasteiger partial charge is 0.305 e. The van der Waals surface area contributed by atoms with Gasteiger partial charge in [0.15, 0.2) is 0 Å². The van der Waals surface area contributed by atoms with Gasteiger partial charge < -0.3 is 9.22 Å². The molecule has 3 heteroatoms. The van der Waals surface area contributed by atoms with Crippen molar-refractivity contribution < 1.29 is 14.0 Å². The zero-order chi connectivity index (χ0) is 19.5. The number of likely N-dealkylation sites (N-methyl/N-ethyl adjacent to an activating group) is 1. The van der Waals surface area contributed by atoms with Crippen LogP contribution in [0.4, 0.5) is 0 Å². The van der Waals surface area contributed by atoms with Gasteiger partial charge in [-0.05, 0) is 19.3 Å². The Bertz CT molecular complexity index is 315. The molecular weight excluding hydrogens is 322 g/mol. The molecule has 0 aliphatic carbocycles. The number of nitrogens with zero attached hydrogens (tertiary/aromatic N) is 1. The van der Waals surface area contributed by atoms with Crippen LogP contribution in [0.1, 0.15) is 110 Å². The van der Waals surface area contributed by atoms with Crippen LogP contribution in [0, 0.1) is 0 Å². The van der Waals surface area contributed by atoms with Crippen molar-refractivity contribution in [1.82, 2.24) is 0 Å². The quantitative estimate of drug-likeness (QED) is 0.147. The highest BCUT2D eigenvalue weighted by molar-refractivity contribution is 5.69. The van der Waals surface area contributed by atoms with E-state index in [1.807, 2.05) is 0 Å². The maximum atomic E-state index is 11.8. The summed E-state index contributed by atoms with van der Waals surface area (Å²) in [4.78, 5) is 11.8. The standard InChI is InChI=1S/C23H48NO2/c1-5-7-9-11-12-13-14-15-17-19-23(25)26-22-21-24(3,4)20-18-16-10-8-6-2/h5-22H2,1-4H3/q+1. The first-order chi connectivity index (χ1) is 12.5. The zero-order valence-electron chi connectivity index (χ0n) is 18.5. The van der Waals surface area contributed by atoms with Gasteiger partial charge in [-0.2, -0.15) is 0 Å². The largest absolute Gasteiger partial charge is 0.460 e. The van der Waals surface area contributed by atoms with Crippen molar-refractivity contribution in [2.45, 2.75) is 110 Å². The third-order valence-electron chi connectivity index (χ3n) is 5.31. The first-order valence-corrected chi connectivity index (χ1v) is 11.5. The molecule has 0 aliphatic heterocycles.